The Hall–Kier alpha value is -3.12. The molecule has 1 aliphatic heterocycles. The summed E-state index contributed by atoms with van der Waals surface area (Å²) >= 11 is 0. The molecular weight excluding hydrogens is 448 g/mol. The smallest absolute Gasteiger partial charge is 0.337 e. The Bertz CT molecular complexity index is 1260. The maximum Gasteiger partial charge on any atom is 0.337 e. The van der Waals surface area contributed by atoms with Crippen molar-refractivity contribution in [1.82, 2.24) is 9.71 Å². The molecule has 1 aromatic heterocycles. The van der Waals surface area contributed by atoms with Crippen LogP contribution < -0.4 is 14.2 Å². The van der Waals surface area contributed by atoms with Gasteiger partial charge in [0.1, 0.15) is 17.2 Å². The maximum absolute atomic E-state index is 12.1. The van der Waals surface area contributed by atoms with Gasteiger partial charge in [-0.15, -0.1) is 5.11 Å². The molecule has 0 saturated carbocycles. The van der Waals surface area contributed by atoms with Gasteiger partial charge in [0.2, 0.25) is 0 Å². The van der Waals surface area contributed by atoms with E-state index in [1.807, 2.05) is 18.2 Å². The van der Waals surface area contributed by atoms with Crippen LogP contribution in [-0.4, -0.2) is 45.6 Å². The second-order valence-electron chi connectivity index (χ2n) is 7.74. The first-order valence-electron chi connectivity index (χ1n) is 10.2. The van der Waals surface area contributed by atoms with E-state index in [2.05, 4.69) is 19.3 Å². The molecule has 11 heteroatoms. The standard InChI is InChI=1S/C22H24N4O6S/c1-22(2)30-14-18(32-22)13-24-33(27,28)26-25-15-4-6-16(7-5-15)31-21-10-11-23-20-12-17(29-3)8-9-19(20)21/h4-12,18,24H,13-14H2,1-3H3/t18-/m1/s1. The number of hydrogen-bond donors (Lipinski definition) is 1. The lowest BCUT2D eigenvalue weighted by molar-refractivity contribution is -0.137. The molecule has 1 fully saturated rings. The first-order valence-corrected chi connectivity index (χ1v) is 11.6. The summed E-state index contributed by atoms with van der Waals surface area (Å²) in [6.07, 6.45) is 1.27. The molecule has 3 aromatic rings. The van der Waals surface area contributed by atoms with Crippen molar-refractivity contribution in [3.8, 4) is 17.2 Å². The molecule has 33 heavy (non-hydrogen) atoms. The minimum atomic E-state index is -3.97. The van der Waals surface area contributed by atoms with Crippen molar-refractivity contribution in [2.24, 2.45) is 9.63 Å². The molecule has 0 spiro atoms. The van der Waals surface area contributed by atoms with Crippen LogP contribution in [0.25, 0.3) is 10.9 Å². The molecule has 1 aliphatic rings. The van der Waals surface area contributed by atoms with E-state index in [1.165, 1.54) is 0 Å². The Morgan fingerprint density at radius 3 is 2.61 bits per heavy atom. The molecule has 0 aliphatic carbocycles. The highest BCUT2D eigenvalue weighted by Gasteiger charge is 2.33. The third-order valence-corrected chi connectivity index (χ3v) is 5.63. The Kier molecular flexibility index (Phi) is 6.56. The van der Waals surface area contributed by atoms with Crippen LogP contribution in [0.15, 0.2) is 64.4 Å². The number of pyridine rings is 1. The topological polar surface area (TPSA) is 121 Å². The van der Waals surface area contributed by atoms with Gasteiger partial charge < -0.3 is 18.9 Å². The minimum absolute atomic E-state index is 0.0450. The summed E-state index contributed by atoms with van der Waals surface area (Å²) in [6.45, 7) is 3.88. The number of nitrogens with one attached hydrogen (secondary N) is 1. The van der Waals surface area contributed by atoms with Gasteiger partial charge in [-0.3, -0.25) is 4.98 Å². The van der Waals surface area contributed by atoms with E-state index in [1.54, 1.807) is 57.5 Å². The first-order chi connectivity index (χ1) is 15.7. The van der Waals surface area contributed by atoms with E-state index >= 15 is 0 Å². The molecule has 1 atom stereocenters. The molecule has 1 N–H and O–H groups in total. The summed E-state index contributed by atoms with van der Waals surface area (Å²) in [7, 11) is -2.37. The van der Waals surface area contributed by atoms with Crippen LogP contribution in [0.1, 0.15) is 13.8 Å². The zero-order valence-corrected chi connectivity index (χ0v) is 19.2. The Morgan fingerprint density at radius 2 is 1.91 bits per heavy atom. The van der Waals surface area contributed by atoms with Crippen LogP contribution in [-0.2, 0) is 19.7 Å². The van der Waals surface area contributed by atoms with Crippen molar-refractivity contribution < 1.29 is 27.4 Å². The van der Waals surface area contributed by atoms with Gasteiger partial charge >= 0.3 is 10.2 Å². The number of hydrogen-bond acceptors (Lipinski definition) is 8. The van der Waals surface area contributed by atoms with E-state index in [-0.39, 0.29) is 12.6 Å². The van der Waals surface area contributed by atoms with E-state index in [0.717, 1.165) is 10.9 Å². The number of aromatic nitrogens is 1. The molecule has 4 rings (SSSR count). The fourth-order valence-corrected chi connectivity index (χ4v) is 3.87. The largest absolute Gasteiger partial charge is 0.497 e. The Labute approximate surface area is 191 Å². The van der Waals surface area contributed by atoms with Gasteiger partial charge in [0.05, 0.1) is 31.0 Å². The van der Waals surface area contributed by atoms with Gasteiger partial charge in [0.25, 0.3) is 0 Å². The lowest BCUT2D eigenvalue weighted by atomic mass is 10.2. The van der Waals surface area contributed by atoms with Crippen molar-refractivity contribution in [1.29, 1.82) is 0 Å². The monoisotopic (exact) mass is 472 g/mol. The lowest BCUT2D eigenvalue weighted by Gasteiger charge is -2.16. The van der Waals surface area contributed by atoms with Crippen molar-refractivity contribution in [3.63, 3.8) is 0 Å². The van der Waals surface area contributed by atoms with Crippen LogP contribution in [0.3, 0.4) is 0 Å². The first kappa shape index (κ1) is 23.1. The highest BCUT2D eigenvalue weighted by atomic mass is 32.2. The molecule has 2 heterocycles. The number of ether oxygens (including phenoxy) is 4. The van der Waals surface area contributed by atoms with Crippen LogP contribution in [0.5, 0.6) is 17.2 Å². The second kappa shape index (κ2) is 9.40. The second-order valence-corrected chi connectivity index (χ2v) is 9.15. The third-order valence-electron chi connectivity index (χ3n) is 4.80. The minimum Gasteiger partial charge on any atom is -0.497 e. The van der Waals surface area contributed by atoms with Gasteiger partial charge in [0, 0.05) is 24.2 Å². The maximum atomic E-state index is 12.1. The fraction of sp³-hybridized carbons (Fsp3) is 0.318. The predicted octanol–water partition coefficient (Wildman–Crippen LogP) is 4.11. The van der Waals surface area contributed by atoms with Crippen LogP contribution in [0.2, 0.25) is 0 Å². The number of benzene rings is 2. The quantitative estimate of drug-likeness (QED) is 0.490. The predicted molar refractivity (Wildman–Crippen MR) is 121 cm³/mol. The van der Waals surface area contributed by atoms with Crippen LogP contribution in [0, 0.1) is 0 Å². The number of fused-ring (bicyclic) bond motifs is 1. The molecule has 1 saturated heterocycles. The van der Waals surface area contributed by atoms with Gasteiger partial charge in [-0.05, 0) is 60.8 Å². The van der Waals surface area contributed by atoms with Gasteiger partial charge in [0.15, 0.2) is 5.79 Å². The normalized spacial score (nSPS) is 18.1. The van der Waals surface area contributed by atoms with Gasteiger partial charge in [-0.1, -0.05) is 0 Å². The molecule has 0 radical (unpaired) electrons. The van der Waals surface area contributed by atoms with Crippen molar-refractivity contribution >= 4 is 26.8 Å². The summed E-state index contributed by atoms with van der Waals surface area (Å²) in [5, 5.41) is 4.62. The molecule has 0 bridgehead atoms. The SMILES string of the molecule is COc1ccc2c(Oc3ccc(N=NS(=O)(=O)NC[C@@H]4COC(C)(C)O4)cc3)ccnc2c1. The number of rotatable bonds is 8. The zero-order valence-electron chi connectivity index (χ0n) is 18.4. The summed E-state index contributed by atoms with van der Waals surface area (Å²) in [5.74, 6) is 1.17. The van der Waals surface area contributed by atoms with Gasteiger partial charge in [-0.25, -0.2) is 0 Å². The molecule has 174 valence electrons. The summed E-state index contributed by atoms with van der Waals surface area (Å²) < 4.78 is 52.1. The third kappa shape index (κ3) is 6.02. The van der Waals surface area contributed by atoms with Crippen molar-refractivity contribution in [2.75, 3.05) is 20.3 Å². The van der Waals surface area contributed by atoms with Crippen molar-refractivity contribution in [2.45, 2.75) is 25.7 Å². The summed E-state index contributed by atoms with van der Waals surface area (Å²) in [6, 6.07) is 13.9. The molecular formula is C22H24N4O6S. The van der Waals surface area contributed by atoms with E-state index < -0.39 is 16.0 Å². The van der Waals surface area contributed by atoms with Crippen molar-refractivity contribution in [3.05, 3.63) is 54.7 Å². The van der Waals surface area contributed by atoms with E-state index in [0.29, 0.717) is 29.5 Å². The number of nitrogens with zero attached hydrogens (tertiary/aromatic N) is 3. The molecule has 0 amide bonds. The van der Waals surface area contributed by atoms with Gasteiger partial charge in [-0.2, -0.15) is 13.1 Å². The lowest BCUT2D eigenvalue weighted by Crippen LogP contribution is -2.33. The number of methoxy groups -OCH3 is 1. The molecule has 10 nitrogen and oxygen atoms in total. The molecule has 2 aromatic carbocycles. The average molecular weight is 473 g/mol. The highest BCUT2D eigenvalue weighted by Crippen LogP contribution is 2.31. The van der Waals surface area contributed by atoms with Crippen LogP contribution in [0.4, 0.5) is 5.69 Å². The van der Waals surface area contributed by atoms with Crippen LogP contribution >= 0.6 is 0 Å². The summed E-state index contributed by atoms with van der Waals surface area (Å²) in [5.41, 5.74) is 1.10. The Morgan fingerprint density at radius 1 is 1.15 bits per heavy atom. The average Bonchev–Trinajstić information content (AvgIpc) is 3.16. The van der Waals surface area contributed by atoms with E-state index in [4.69, 9.17) is 18.9 Å². The summed E-state index contributed by atoms with van der Waals surface area (Å²) in [4.78, 5) is 4.34. The fourth-order valence-electron chi connectivity index (χ4n) is 3.22. The Balaban J connectivity index is 1.38. The molecule has 0 unspecified atom stereocenters. The zero-order chi connectivity index (χ0) is 23.5. The highest BCUT2D eigenvalue weighted by molar-refractivity contribution is 7.88. The van der Waals surface area contributed by atoms with E-state index in [9.17, 15) is 8.42 Å².